The highest BCUT2D eigenvalue weighted by molar-refractivity contribution is 5.36. The van der Waals surface area contributed by atoms with Gasteiger partial charge < -0.3 is 9.47 Å². The number of nitrogens with zero attached hydrogens (tertiary/aromatic N) is 1. The van der Waals surface area contributed by atoms with Crippen LogP contribution in [0.4, 0.5) is 0 Å². The molecule has 2 rings (SSSR count). The van der Waals surface area contributed by atoms with E-state index in [2.05, 4.69) is 57.7 Å². The summed E-state index contributed by atoms with van der Waals surface area (Å²) in [6.45, 7) is 14.6. The van der Waals surface area contributed by atoms with Gasteiger partial charge in [0.2, 0.25) is 0 Å². The summed E-state index contributed by atoms with van der Waals surface area (Å²) in [6, 6.07) is 6.43. The van der Waals surface area contributed by atoms with Gasteiger partial charge >= 0.3 is 0 Å². The Hall–Kier alpha value is -1.06. The Morgan fingerprint density at radius 1 is 1.24 bits per heavy atom. The lowest BCUT2D eigenvalue weighted by atomic mass is 9.98. The van der Waals surface area contributed by atoms with Gasteiger partial charge in [-0.1, -0.05) is 19.9 Å². The van der Waals surface area contributed by atoms with Gasteiger partial charge in [0.05, 0.1) is 12.2 Å². The lowest BCUT2D eigenvalue weighted by molar-refractivity contribution is -0.0699. The second kappa shape index (κ2) is 7.28. The number of hydrogen-bond donors (Lipinski definition) is 0. The number of hydrogen-bond acceptors (Lipinski definition) is 3. The average molecular weight is 291 g/mol. The number of rotatable bonds is 5. The number of morpholine rings is 1. The van der Waals surface area contributed by atoms with Crippen LogP contribution >= 0.6 is 0 Å². The van der Waals surface area contributed by atoms with E-state index in [0.717, 1.165) is 32.0 Å². The molecule has 0 aliphatic carbocycles. The van der Waals surface area contributed by atoms with Crippen LogP contribution in [0.15, 0.2) is 18.2 Å². The molecule has 1 saturated heterocycles. The molecule has 2 unspecified atom stereocenters. The Labute approximate surface area is 129 Å². The molecule has 0 radical (unpaired) electrons. The van der Waals surface area contributed by atoms with E-state index in [4.69, 9.17) is 9.47 Å². The standard InChI is InChI=1S/C18H29NO2/c1-13(2)18-7-6-17(10-14(18)3)20-9-8-19-11-15(4)21-16(5)12-19/h6-7,10,13,15-16H,8-9,11-12H2,1-5H3. The first kappa shape index (κ1) is 16.3. The summed E-state index contributed by atoms with van der Waals surface area (Å²) in [5.74, 6) is 1.54. The molecule has 0 spiro atoms. The molecule has 1 aromatic rings. The summed E-state index contributed by atoms with van der Waals surface area (Å²) < 4.78 is 11.7. The SMILES string of the molecule is Cc1cc(OCCN2CC(C)OC(C)C2)ccc1C(C)C. The highest BCUT2D eigenvalue weighted by Gasteiger charge is 2.21. The summed E-state index contributed by atoms with van der Waals surface area (Å²) in [6.07, 6.45) is 0.641. The van der Waals surface area contributed by atoms with Gasteiger partial charge in [0, 0.05) is 19.6 Å². The van der Waals surface area contributed by atoms with Crippen LogP contribution in [-0.2, 0) is 4.74 Å². The quantitative estimate of drug-likeness (QED) is 0.827. The van der Waals surface area contributed by atoms with Crippen LogP contribution in [0, 0.1) is 6.92 Å². The van der Waals surface area contributed by atoms with Crippen LogP contribution in [0.25, 0.3) is 0 Å². The number of ether oxygens (including phenoxy) is 2. The third-order valence-electron chi connectivity index (χ3n) is 4.03. The second-order valence-electron chi connectivity index (χ2n) is 6.54. The Morgan fingerprint density at radius 3 is 2.48 bits per heavy atom. The maximum absolute atomic E-state index is 5.91. The van der Waals surface area contributed by atoms with Crippen molar-refractivity contribution in [1.82, 2.24) is 4.90 Å². The van der Waals surface area contributed by atoms with Crippen LogP contribution < -0.4 is 4.74 Å². The number of benzene rings is 1. The first-order valence-corrected chi connectivity index (χ1v) is 8.07. The van der Waals surface area contributed by atoms with Crippen LogP contribution in [0.3, 0.4) is 0 Å². The molecule has 1 heterocycles. The topological polar surface area (TPSA) is 21.7 Å². The predicted molar refractivity (Wildman–Crippen MR) is 87.2 cm³/mol. The lowest BCUT2D eigenvalue weighted by Gasteiger charge is -2.35. The largest absolute Gasteiger partial charge is 0.492 e. The third kappa shape index (κ3) is 4.72. The molecule has 1 fully saturated rings. The van der Waals surface area contributed by atoms with Crippen LogP contribution in [-0.4, -0.2) is 43.3 Å². The van der Waals surface area contributed by atoms with Crippen molar-refractivity contribution in [2.75, 3.05) is 26.2 Å². The van der Waals surface area contributed by atoms with Gasteiger partial charge in [-0.05, 0) is 49.9 Å². The average Bonchev–Trinajstić information content (AvgIpc) is 2.37. The van der Waals surface area contributed by atoms with Gasteiger partial charge in [-0.15, -0.1) is 0 Å². The molecule has 2 atom stereocenters. The van der Waals surface area contributed by atoms with Crippen LogP contribution in [0.1, 0.15) is 44.7 Å². The van der Waals surface area contributed by atoms with E-state index >= 15 is 0 Å². The molecule has 0 aromatic heterocycles. The molecule has 21 heavy (non-hydrogen) atoms. The summed E-state index contributed by atoms with van der Waals surface area (Å²) in [5.41, 5.74) is 2.72. The van der Waals surface area contributed by atoms with E-state index in [1.165, 1.54) is 11.1 Å². The first-order chi connectivity index (χ1) is 9.95. The molecule has 0 saturated carbocycles. The van der Waals surface area contributed by atoms with Crippen LogP contribution in [0.2, 0.25) is 0 Å². The minimum absolute atomic E-state index is 0.321. The normalized spacial score (nSPS) is 23.5. The molecule has 0 bridgehead atoms. The van der Waals surface area contributed by atoms with E-state index in [0.29, 0.717) is 18.1 Å². The summed E-state index contributed by atoms with van der Waals surface area (Å²) in [5, 5.41) is 0. The van der Waals surface area contributed by atoms with Crippen molar-refractivity contribution < 1.29 is 9.47 Å². The van der Waals surface area contributed by atoms with Gasteiger partial charge in [-0.2, -0.15) is 0 Å². The van der Waals surface area contributed by atoms with E-state index in [-0.39, 0.29) is 0 Å². The molecule has 3 heteroatoms. The Morgan fingerprint density at radius 2 is 1.90 bits per heavy atom. The smallest absolute Gasteiger partial charge is 0.119 e. The molecular formula is C18H29NO2. The van der Waals surface area contributed by atoms with Gasteiger partial charge in [-0.3, -0.25) is 4.90 Å². The zero-order chi connectivity index (χ0) is 15.4. The molecule has 1 aromatic carbocycles. The molecule has 1 aliphatic rings. The van der Waals surface area contributed by atoms with Crippen molar-refractivity contribution >= 4 is 0 Å². The fraction of sp³-hybridized carbons (Fsp3) is 0.667. The Balaban J connectivity index is 1.82. The van der Waals surface area contributed by atoms with Crippen LogP contribution in [0.5, 0.6) is 5.75 Å². The predicted octanol–water partition coefficient (Wildman–Crippen LogP) is 3.61. The fourth-order valence-corrected chi connectivity index (χ4v) is 3.15. The van der Waals surface area contributed by atoms with E-state index < -0.39 is 0 Å². The molecule has 0 amide bonds. The third-order valence-corrected chi connectivity index (χ3v) is 4.03. The van der Waals surface area contributed by atoms with Crippen molar-refractivity contribution in [3.8, 4) is 5.75 Å². The summed E-state index contributed by atoms with van der Waals surface area (Å²) in [7, 11) is 0. The van der Waals surface area contributed by atoms with Gasteiger partial charge in [-0.25, -0.2) is 0 Å². The van der Waals surface area contributed by atoms with Gasteiger partial charge in [0.25, 0.3) is 0 Å². The van der Waals surface area contributed by atoms with E-state index in [1.54, 1.807) is 0 Å². The van der Waals surface area contributed by atoms with Gasteiger partial charge in [0.1, 0.15) is 12.4 Å². The van der Waals surface area contributed by atoms with E-state index in [1.807, 2.05) is 0 Å². The van der Waals surface area contributed by atoms with E-state index in [9.17, 15) is 0 Å². The maximum atomic E-state index is 5.91. The molecule has 3 nitrogen and oxygen atoms in total. The molecular weight excluding hydrogens is 262 g/mol. The van der Waals surface area contributed by atoms with Gasteiger partial charge in [0.15, 0.2) is 0 Å². The Kier molecular flexibility index (Phi) is 5.65. The van der Waals surface area contributed by atoms with Crippen molar-refractivity contribution in [2.45, 2.75) is 52.7 Å². The first-order valence-electron chi connectivity index (χ1n) is 8.07. The maximum Gasteiger partial charge on any atom is 0.119 e. The highest BCUT2D eigenvalue weighted by atomic mass is 16.5. The zero-order valence-corrected chi connectivity index (χ0v) is 14.1. The van der Waals surface area contributed by atoms with Crippen molar-refractivity contribution in [3.63, 3.8) is 0 Å². The van der Waals surface area contributed by atoms with Crippen molar-refractivity contribution in [2.24, 2.45) is 0 Å². The fourth-order valence-electron chi connectivity index (χ4n) is 3.15. The lowest BCUT2D eigenvalue weighted by Crippen LogP contribution is -2.46. The molecule has 1 aliphatic heterocycles. The Bertz CT molecular complexity index is 449. The monoisotopic (exact) mass is 291 g/mol. The zero-order valence-electron chi connectivity index (χ0n) is 14.1. The number of aryl methyl sites for hydroxylation is 1. The second-order valence-corrected chi connectivity index (χ2v) is 6.54. The summed E-state index contributed by atoms with van der Waals surface area (Å²) >= 11 is 0. The minimum Gasteiger partial charge on any atom is -0.492 e. The molecule has 118 valence electrons. The summed E-state index contributed by atoms with van der Waals surface area (Å²) in [4.78, 5) is 2.42. The minimum atomic E-state index is 0.321. The van der Waals surface area contributed by atoms with Crippen molar-refractivity contribution in [3.05, 3.63) is 29.3 Å². The van der Waals surface area contributed by atoms with Crippen molar-refractivity contribution in [1.29, 1.82) is 0 Å². The highest BCUT2D eigenvalue weighted by Crippen LogP contribution is 2.23. The molecule has 0 N–H and O–H groups in total.